The van der Waals surface area contributed by atoms with Gasteiger partial charge in [-0.3, -0.25) is 9.79 Å². The minimum atomic E-state index is 0. The zero-order valence-electron chi connectivity index (χ0n) is 20.9. The number of likely N-dealkylation sites (N-methyl/N-ethyl adjacent to an activating group) is 1. The van der Waals surface area contributed by atoms with E-state index in [4.69, 9.17) is 4.99 Å². The second-order valence-corrected chi connectivity index (χ2v) is 8.37. The van der Waals surface area contributed by atoms with E-state index in [1.165, 1.54) is 11.1 Å². The molecule has 0 aromatic heterocycles. The fourth-order valence-electron chi connectivity index (χ4n) is 3.51. The number of nitrogens with zero attached hydrogens (tertiary/aromatic N) is 3. The first-order valence-corrected chi connectivity index (χ1v) is 11.4. The number of nitrogens with one attached hydrogen (secondary N) is 2. The van der Waals surface area contributed by atoms with Crippen LogP contribution in [0.3, 0.4) is 0 Å². The average molecular weight is 566 g/mol. The molecule has 0 aliphatic rings. The Morgan fingerprint density at radius 3 is 2.24 bits per heavy atom. The Morgan fingerprint density at radius 1 is 0.970 bits per heavy atom. The molecule has 1 unspecified atom stereocenters. The number of hydrogen-bond donors (Lipinski definition) is 2. The number of aryl methyl sites for hydroxylation is 1. The molecule has 0 bridgehead atoms. The van der Waals surface area contributed by atoms with Crippen LogP contribution in [0, 0.1) is 0 Å². The second kappa shape index (κ2) is 14.9. The van der Waals surface area contributed by atoms with Crippen LogP contribution in [0.25, 0.3) is 0 Å². The predicted octanol–water partition coefficient (Wildman–Crippen LogP) is 3.97. The lowest BCUT2D eigenvalue weighted by Crippen LogP contribution is -2.39. The van der Waals surface area contributed by atoms with Crippen molar-refractivity contribution in [2.75, 3.05) is 47.8 Å². The molecule has 0 radical (unpaired) electrons. The van der Waals surface area contributed by atoms with Crippen LogP contribution in [0.4, 0.5) is 0 Å². The number of rotatable bonds is 10. The van der Waals surface area contributed by atoms with E-state index in [0.29, 0.717) is 6.54 Å². The van der Waals surface area contributed by atoms with Crippen LogP contribution in [0.1, 0.15) is 46.9 Å². The van der Waals surface area contributed by atoms with Gasteiger partial charge in [0.15, 0.2) is 5.96 Å². The number of carbonyl (C=O) groups is 1. The summed E-state index contributed by atoms with van der Waals surface area (Å²) in [5.41, 5.74) is 4.47. The Labute approximate surface area is 216 Å². The highest BCUT2D eigenvalue weighted by Gasteiger charge is 2.14. The van der Waals surface area contributed by atoms with Gasteiger partial charge in [0.25, 0.3) is 5.91 Å². The molecule has 6 nitrogen and oxygen atoms in total. The van der Waals surface area contributed by atoms with Crippen molar-refractivity contribution >= 4 is 35.8 Å². The van der Waals surface area contributed by atoms with E-state index < -0.39 is 0 Å². The zero-order valence-corrected chi connectivity index (χ0v) is 23.2. The second-order valence-electron chi connectivity index (χ2n) is 8.37. The smallest absolute Gasteiger partial charge is 0.253 e. The van der Waals surface area contributed by atoms with E-state index >= 15 is 0 Å². The minimum Gasteiger partial charge on any atom is -0.357 e. The Morgan fingerprint density at radius 2 is 1.67 bits per heavy atom. The summed E-state index contributed by atoms with van der Waals surface area (Å²) in [5, 5.41) is 6.77. The number of hydrogen-bond acceptors (Lipinski definition) is 3. The maximum absolute atomic E-state index is 12.2. The van der Waals surface area contributed by atoms with Gasteiger partial charge in [-0.25, -0.2) is 0 Å². The van der Waals surface area contributed by atoms with Gasteiger partial charge < -0.3 is 20.4 Å². The number of guanidine groups is 1. The molecule has 0 saturated carbocycles. The zero-order chi connectivity index (χ0) is 23.5. The van der Waals surface area contributed by atoms with Gasteiger partial charge in [-0.2, -0.15) is 0 Å². The van der Waals surface area contributed by atoms with Crippen molar-refractivity contribution in [3.05, 3.63) is 70.8 Å². The minimum absolute atomic E-state index is 0. The van der Waals surface area contributed by atoms with Gasteiger partial charge in [-0.1, -0.05) is 43.3 Å². The normalized spacial score (nSPS) is 12.2. The van der Waals surface area contributed by atoms with E-state index in [1.807, 2.05) is 18.2 Å². The number of aliphatic imine (C=N–C) groups is 1. The molecule has 182 valence electrons. The van der Waals surface area contributed by atoms with E-state index in [2.05, 4.69) is 73.8 Å². The van der Waals surface area contributed by atoms with Gasteiger partial charge in [0, 0.05) is 32.7 Å². The van der Waals surface area contributed by atoms with Crippen LogP contribution in [0.2, 0.25) is 0 Å². The highest BCUT2D eigenvalue weighted by atomic mass is 127. The van der Waals surface area contributed by atoms with Crippen molar-refractivity contribution in [1.82, 2.24) is 20.4 Å². The Balaban J connectivity index is 0.00000544. The van der Waals surface area contributed by atoms with Crippen molar-refractivity contribution in [3.63, 3.8) is 0 Å². The lowest BCUT2D eigenvalue weighted by molar-refractivity contribution is 0.0827. The van der Waals surface area contributed by atoms with Crippen LogP contribution in [0.5, 0.6) is 0 Å². The standard InChI is InChI=1S/C26H39N5O.HI/c1-7-20-12-14-22(15-13-20)24(30(3)4)19-29-26(27-8-2)28-17-16-21-10-9-11-23(18-21)25(32)31(5)6;/h9-15,18,24H,7-8,16-17,19H2,1-6H3,(H2,27,28,29);1H. The van der Waals surface area contributed by atoms with Gasteiger partial charge in [-0.05, 0) is 62.7 Å². The molecule has 0 spiro atoms. The van der Waals surface area contributed by atoms with E-state index in [9.17, 15) is 4.79 Å². The summed E-state index contributed by atoms with van der Waals surface area (Å²) < 4.78 is 0. The van der Waals surface area contributed by atoms with Gasteiger partial charge in [-0.15, -0.1) is 24.0 Å². The molecule has 33 heavy (non-hydrogen) atoms. The molecular formula is C26H40IN5O. The maximum atomic E-state index is 12.2. The van der Waals surface area contributed by atoms with Crippen LogP contribution >= 0.6 is 24.0 Å². The van der Waals surface area contributed by atoms with E-state index in [0.717, 1.165) is 43.0 Å². The molecule has 1 atom stereocenters. The summed E-state index contributed by atoms with van der Waals surface area (Å²) in [6, 6.07) is 16.9. The van der Waals surface area contributed by atoms with E-state index in [-0.39, 0.29) is 35.9 Å². The predicted molar refractivity (Wildman–Crippen MR) is 150 cm³/mol. The van der Waals surface area contributed by atoms with Crippen molar-refractivity contribution in [3.8, 4) is 0 Å². The highest BCUT2D eigenvalue weighted by Crippen LogP contribution is 2.19. The monoisotopic (exact) mass is 565 g/mol. The summed E-state index contributed by atoms with van der Waals surface area (Å²) in [4.78, 5) is 20.9. The first-order chi connectivity index (χ1) is 15.3. The number of benzene rings is 2. The summed E-state index contributed by atoms with van der Waals surface area (Å²) in [6.45, 7) is 6.45. The third kappa shape index (κ3) is 9.33. The summed E-state index contributed by atoms with van der Waals surface area (Å²) >= 11 is 0. The van der Waals surface area contributed by atoms with Crippen LogP contribution in [-0.2, 0) is 12.8 Å². The van der Waals surface area contributed by atoms with Crippen LogP contribution in [0.15, 0.2) is 53.5 Å². The molecule has 0 fully saturated rings. The molecule has 0 aliphatic heterocycles. The first kappa shape index (κ1) is 28.9. The fraction of sp³-hybridized carbons (Fsp3) is 0.462. The molecule has 0 aliphatic carbocycles. The molecule has 2 aromatic carbocycles. The molecule has 7 heteroatoms. The van der Waals surface area contributed by atoms with E-state index in [1.54, 1.807) is 19.0 Å². The Hall–Kier alpha value is -2.13. The number of halogens is 1. The molecular weight excluding hydrogens is 525 g/mol. The first-order valence-electron chi connectivity index (χ1n) is 11.4. The number of carbonyl (C=O) groups excluding carboxylic acids is 1. The third-order valence-electron chi connectivity index (χ3n) is 5.45. The van der Waals surface area contributed by atoms with Crippen LogP contribution in [-0.4, -0.2) is 69.5 Å². The van der Waals surface area contributed by atoms with Gasteiger partial charge >= 0.3 is 0 Å². The Bertz CT molecular complexity index is 881. The van der Waals surface area contributed by atoms with Crippen molar-refractivity contribution in [2.45, 2.75) is 32.7 Å². The molecule has 2 N–H and O–H groups in total. The van der Waals surface area contributed by atoms with Gasteiger partial charge in [0.2, 0.25) is 0 Å². The average Bonchev–Trinajstić information content (AvgIpc) is 2.79. The number of amides is 1. The van der Waals surface area contributed by atoms with Crippen LogP contribution < -0.4 is 10.6 Å². The lowest BCUT2D eigenvalue weighted by Gasteiger charge is -2.24. The molecule has 2 rings (SSSR count). The fourth-order valence-corrected chi connectivity index (χ4v) is 3.51. The SMILES string of the molecule is CCNC(=NCC(c1ccc(CC)cc1)N(C)C)NCCc1cccc(C(=O)N(C)C)c1.I. The summed E-state index contributed by atoms with van der Waals surface area (Å²) in [5.74, 6) is 0.835. The molecule has 1 amide bonds. The largest absolute Gasteiger partial charge is 0.357 e. The maximum Gasteiger partial charge on any atom is 0.253 e. The van der Waals surface area contributed by atoms with Gasteiger partial charge in [0.1, 0.15) is 0 Å². The topological polar surface area (TPSA) is 60.0 Å². The van der Waals surface area contributed by atoms with Crippen molar-refractivity contribution < 1.29 is 4.79 Å². The van der Waals surface area contributed by atoms with Crippen molar-refractivity contribution in [1.29, 1.82) is 0 Å². The van der Waals surface area contributed by atoms with Gasteiger partial charge in [0.05, 0.1) is 12.6 Å². The highest BCUT2D eigenvalue weighted by molar-refractivity contribution is 14.0. The quantitative estimate of drug-likeness (QED) is 0.260. The summed E-state index contributed by atoms with van der Waals surface area (Å²) in [7, 11) is 7.73. The van der Waals surface area contributed by atoms with Crippen molar-refractivity contribution in [2.24, 2.45) is 4.99 Å². The molecule has 2 aromatic rings. The molecule has 0 saturated heterocycles. The third-order valence-corrected chi connectivity index (χ3v) is 5.45. The lowest BCUT2D eigenvalue weighted by atomic mass is 10.0. The summed E-state index contributed by atoms with van der Waals surface area (Å²) in [6.07, 6.45) is 1.86. The Kier molecular flexibility index (Phi) is 13.1. The molecule has 0 heterocycles.